The number of benzene rings is 1. The number of carbonyl (C=O) groups is 1. The lowest BCUT2D eigenvalue weighted by molar-refractivity contribution is -0.137. The molecular weight excluding hydrogens is 374 g/mol. The predicted molar refractivity (Wildman–Crippen MR) is 109 cm³/mol. The highest BCUT2D eigenvalue weighted by molar-refractivity contribution is 7.18. The fourth-order valence-electron chi connectivity index (χ4n) is 3.55. The Kier molecular flexibility index (Phi) is 5.54. The first-order valence-corrected chi connectivity index (χ1v) is 10.4. The van der Waals surface area contributed by atoms with Gasteiger partial charge in [0, 0.05) is 18.0 Å². The zero-order valence-electron chi connectivity index (χ0n) is 15.9. The van der Waals surface area contributed by atoms with Gasteiger partial charge in [-0.1, -0.05) is 37.3 Å². The van der Waals surface area contributed by atoms with Crippen LogP contribution in [-0.4, -0.2) is 33.5 Å². The molecule has 3 heterocycles. The van der Waals surface area contributed by atoms with Gasteiger partial charge in [-0.2, -0.15) is 0 Å². The van der Waals surface area contributed by atoms with Gasteiger partial charge >= 0.3 is 0 Å². The summed E-state index contributed by atoms with van der Waals surface area (Å²) >= 11 is 1.52. The molecular formula is C21H23N3O3S. The first kappa shape index (κ1) is 18.8. The molecule has 1 aromatic carbocycles. The van der Waals surface area contributed by atoms with Crippen LogP contribution in [0, 0.1) is 0 Å². The fourth-order valence-corrected chi connectivity index (χ4v) is 4.75. The monoisotopic (exact) mass is 397 g/mol. The van der Waals surface area contributed by atoms with Gasteiger partial charge in [-0.05, 0) is 24.0 Å². The van der Waals surface area contributed by atoms with Gasteiger partial charge in [-0.15, -0.1) is 11.3 Å². The highest BCUT2D eigenvalue weighted by Gasteiger charge is 2.26. The summed E-state index contributed by atoms with van der Waals surface area (Å²) in [5, 5.41) is 0.739. The average Bonchev–Trinajstić information content (AvgIpc) is 3.09. The quantitative estimate of drug-likeness (QED) is 0.641. The van der Waals surface area contributed by atoms with Crippen molar-refractivity contribution in [3.8, 4) is 0 Å². The van der Waals surface area contributed by atoms with Crippen molar-refractivity contribution in [1.82, 2.24) is 14.5 Å². The number of thiophene rings is 1. The zero-order valence-corrected chi connectivity index (χ0v) is 16.7. The van der Waals surface area contributed by atoms with Crippen LogP contribution in [-0.2, 0) is 35.6 Å². The Morgan fingerprint density at radius 2 is 2.11 bits per heavy atom. The van der Waals surface area contributed by atoms with Gasteiger partial charge < -0.3 is 9.64 Å². The lowest BCUT2D eigenvalue weighted by Crippen LogP contribution is -2.37. The number of hydrogen-bond donors (Lipinski definition) is 0. The van der Waals surface area contributed by atoms with Crippen molar-refractivity contribution in [3.63, 3.8) is 0 Å². The van der Waals surface area contributed by atoms with Crippen LogP contribution in [0.2, 0.25) is 0 Å². The summed E-state index contributed by atoms with van der Waals surface area (Å²) in [7, 11) is 0. The number of fused-ring (bicyclic) bond motifs is 3. The van der Waals surface area contributed by atoms with Crippen LogP contribution in [0.1, 0.15) is 29.3 Å². The number of aromatic nitrogens is 2. The van der Waals surface area contributed by atoms with Crippen LogP contribution in [0.25, 0.3) is 10.2 Å². The molecule has 0 fully saturated rings. The van der Waals surface area contributed by atoms with Crippen molar-refractivity contribution in [2.75, 3.05) is 13.2 Å². The maximum atomic E-state index is 12.8. The highest BCUT2D eigenvalue weighted by atomic mass is 32.1. The Balaban J connectivity index is 1.45. The summed E-state index contributed by atoms with van der Waals surface area (Å²) in [6, 6.07) is 9.82. The Hall–Kier alpha value is -2.51. The normalized spacial score (nSPS) is 13.7. The SMILES string of the molecule is CCCn1cnc2sc3c(c2c1=O)CCN(C(=O)COCc1ccccc1)C3. The third-order valence-electron chi connectivity index (χ3n) is 4.98. The second-order valence-corrected chi connectivity index (χ2v) is 8.05. The fraction of sp³-hybridized carbons (Fsp3) is 0.381. The maximum Gasteiger partial charge on any atom is 0.262 e. The predicted octanol–water partition coefficient (Wildman–Crippen LogP) is 2.97. The van der Waals surface area contributed by atoms with E-state index in [4.69, 9.17) is 4.74 Å². The topological polar surface area (TPSA) is 64.4 Å². The number of hydrogen-bond acceptors (Lipinski definition) is 5. The number of rotatable bonds is 6. The number of ether oxygens (including phenoxy) is 1. The minimum absolute atomic E-state index is 0.0182. The molecule has 1 amide bonds. The van der Waals surface area contributed by atoms with E-state index in [1.807, 2.05) is 42.2 Å². The molecule has 1 aliphatic heterocycles. The van der Waals surface area contributed by atoms with E-state index in [2.05, 4.69) is 4.98 Å². The largest absolute Gasteiger partial charge is 0.367 e. The van der Waals surface area contributed by atoms with Crippen LogP contribution in [0.3, 0.4) is 0 Å². The molecule has 0 spiro atoms. The maximum absolute atomic E-state index is 12.8. The van der Waals surface area contributed by atoms with Crippen molar-refractivity contribution < 1.29 is 9.53 Å². The minimum atomic E-state index is -0.0182. The van der Waals surface area contributed by atoms with Crippen molar-refractivity contribution in [3.05, 3.63) is 63.0 Å². The van der Waals surface area contributed by atoms with Gasteiger partial charge in [0.25, 0.3) is 5.56 Å². The molecule has 0 unspecified atom stereocenters. The van der Waals surface area contributed by atoms with Crippen molar-refractivity contribution >= 4 is 27.5 Å². The van der Waals surface area contributed by atoms with Gasteiger partial charge in [0.05, 0.1) is 24.9 Å². The van der Waals surface area contributed by atoms with E-state index in [0.717, 1.165) is 32.6 Å². The molecule has 0 saturated heterocycles. The lowest BCUT2D eigenvalue weighted by Gasteiger charge is -2.26. The van der Waals surface area contributed by atoms with Crippen LogP contribution in [0.15, 0.2) is 41.5 Å². The molecule has 0 radical (unpaired) electrons. The van der Waals surface area contributed by atoms with E-state index in [0.29, 0.717) is 32.7 Å². The second kappa shape index (κ2) is 8.24. The molecule has 28 heavy (non-hydrogen) atoms. The molecule has 6 nitrogen and oxygen atoms in total. The highest BCUT2D eigenvalue weighted by Crippen LogP contribution is 2.32. The number of amides is 1. The second-order valence-electron chi connectivity index (χ2n) is 6.97. The summed E-state index contributed by atoms with van der Waals surface area (Å²) in [5.41, 5.74) is 2.16. The Labute approximate surface area is 167 Å². The molecule has 0 saturated carbocycles. The summed E-state index contributed by atoms with van der Waals surface area (Å²) in [6.45, 7) is 4.34. The van der Waals surface area contributed by atoms with Gasteiger partial charge in [-0.25, -0.2) is 4.98 Å². The van der Waals surface area contributed by atoms with E-state index < -0.39 is 0 Å². The minimum Gasteiger partial charge on any atom is -0.367 e. The number of nitrogens with zero attached hydrogens (tertiary/aromatic N) is 3. The molecule has 2 aromatic heterocycles. The molecule has 0 N–H and O–H groups in total. The molecule has 1 aliphatic rings. The smallest absolute Gasteiger partial charge is 0.262 e. The standard InChI is InChI=1S/C21H23N3O3S/c1-2-9-24-14-22-20-19(21(24)26)16-8-10-23(11-17(16)28-20)18(25)13-27-12-15-6-4-3-5-7-15/h3-7,14H,2,8-13H2,1H3. The average molecular weight is 398 g/mol. The number of aryl methyl sites for hydroxylation is 1. The first-order valence-electron chi connectivity index (χ1n) is 9.56. The van der Waals surface area contributed by atoms with E-state index in [9.17, 15) is 9.59 Å². The van der Waals surface area contributed by atoms with Crippen molar-refractivity contribution in [2.24, 2.45) is 0 Å². The Morgan fingerprint density at radius 1 is 1.29 bits per heavy atom. The molecule has 0 atom stereocenters. The molecule has 7 heteroatoms. The summed E-state index contributed by atoms with van der Waals surface area (Å²) in [6.07, 6.45) is 3.22. The first-order chi connectivity index (χ1) is 13.7. The molecule has 4 rings (SSSR count). The van der Waals surface area contributed by atoms with Gasteiger partial charge in [0.15, 0.2) is 0 Å². The summed E-state index contributed by atoms with van der Waals surface area (Å²) in [5.74, 6) is -0.0182. The molecule has 146 valence electrons. The van der Waals surface area contributed by atoms with Gasteiger partial charge in [0.2, 0.25) is 5.91 Å². The van der Waals surface area contributed by atoms with Crippen molar-refractivity contribution in [1.29, 1.82) is 0 Å². The summed E-state index contributed by atoms with van der Waals surface area (Å²) in [4.78, 5) is 33.4. The van der Waals surface area contributed by atoms with E-state index in [-0.39, 0.29) is 18.1 Å². The van der Waals surface area contributed by atoms with Crippen LogP contribution >= 0.6 is 11.3 Å². The van der Waals surface area contributed by atoms with E-state index in [1.54, 1.807) is 10.9 Å². The van der Waals surface area contributed by atoms with Crippen LogP contribution in [0.4, 0.5) is 0 Å². The van der Waals surface area contributed by atoms with E-state index >= 15 is 0 Å². The van der Waals surface area contributed by atoms with Crippen LogP contribution < -0.4 is 5.56 Å². The molecule has 0 aliphatic carbocycles. The van der Waals surface area contributed by atoms with Crippen LogP contribution in [0.5, 0.6) is 0 Å². The third kappa shape index (κ3) is 3.72. The number of carbonyl (C=O) groups excluding carboxylic acids is 1. The van der Waals surface area contributed by atoms with Crippen molar-refractivity contribution in [2.45, 2.75) is 39.5 Å². The van der Waals surface area contributed by atoms with Gasteiger partial charge in [0.1, 0.15) is 11.4 Å². The van der Waals surface area contributed by atoms with E-state index in [1.165, 1.54) is 11.3 Å². The zero-order chi connectivity index (χ0) is 19.5. The third-order valence-corrected chi connectivity index (χ3v) is 6.11. The Bertz CT molecular complexity index is 1040. The Morgan fingerprint density at radius 3 is 2.89 bits per heavy atom. The molecule has 3 aromatic rings. The van der Waals surface area contributed by atoms with Gasteiger partial charge in [-0.3, -0.25) is 14.2 Å². The lowest BCUT2D eigenvalue weighted by atomic mass is 10.1. The molecule has 0 bridgehead atoms. The summed E-state index contributed by atoms with van der Waals surface area (Å²) < 4.78 is 7.27.